The lowest BCUT2D eigenvalue weighted by molar-refractivity contribution is 0.103. The number of benzene rings is 2. The number of hydrogen-bond acceptors (Lipinski definition) is 2. The molecule has 0 aromatic heterocycles. The number of ketones is 1. The lowest BCUT2D eigenvalue weighted by Crippen LogP contribution is -2.06. The summed E-state index contributed by atoms with van der Waals surface area (Å²) >= 11 is 6.81. The number of carbonyl (C=O) groups excluding carboxylic acids is 1. The normalized spacial score (nSPS) is 10.4. The van der Waals surface area contributed by atoms with Crippen LogP contribution in [0.3, 0.4) is 0 Å². The number of hydrogen-bond donors (Lipinski definition) is 0. The van der Waals surface area contributed by atoms with Gasteiger partial charge in [-0.3, -0.25) is 4.79 Å². The van der Waals surface area contributed by atoms with E-state index >= 15 is 0 Å². The molecule has 0 spiro atoms. The lowest BCUT2D eigenvalue weighted by Gasteiger charge is -2.11. The van der Waals surface area contributed by atoms with Crippen molar-refractivity contribution in [3.8, 4) is 5.75 Å². The largest absolute Gasteiger partial charge is 0.493 e. The fraction of sp³-hybridized carbons (Fsp3) is 0.188. The second kappa shape index (κ2) is 6.55. The Balaban J connectivity index is 2.49. The maximum absolute atomic E-state index is 12.7. The van der Waals surface area contributed by atoms with Crippen LogP contribution in [0.15, 0.2) is 45.3 Å². The molecule has 104 valence electrons. The molecule has 0 aliphatic heterocycles. The smallest absolute Gasteiger partial charge is 0.196 e. The van der Waals surface area contributed by atoms with Crippen LogP contribution in [0.4, 0.5) is 0 Å². The van der Waals surface area contributed by atoms with Crippen molar-refractivity contribution >= 4 is 37.6 Å². The zero-order valence-corrected chi connectivity index (χ0v) is 14.4. The summed E-state index contributed by atoms with van der Waals surface area (Å²) in [5, 5.41) is 0. The summed E-state index contributed by atoms with van der Waals surface area (Å²) in [5.74, 6) is 0.582. The molecule has 0 N–H and O–H groups in total. The van der Waals surface area contributed by atoms with E-state index in [4.69, 9.17) is 4.74 Å². The first-order valence-electron chi connectivity index (χ1n) is 6.25. The quantitative estimate of drug-likeness (QED) is 0.667. The first-order chi connectivity index (χ1) is 9.51. The van der Waals surface area contributed by atoms with E-state index in [1.54, 1.807) is 0 Å². The van der Waals surface area contributed by atoms with Gasteiger partial charge in [0.1, 0.15) is 5.75 Å². The second-order valence-electron chi connectivity index (χ2n) is 4.42. The highest BCUT2D eigenvalue weighted by Gasteiger charge is 2.16. The third-order valence-corrected chi connectivity index (χ3v) is 3.72. The zero-order chi connectivity index (χ0) is 14.7. The summed E-state index contributed by atoms with van der Waals surface area (Å²) in [6.07, 6.45) is 0. The van der Waals surface area contributed by atoms with Gasteiger partial charge in [-0.05, 0) is 44.2 Å². The summed E-state index contributed by atoms with van der Waals surface area (Å²) in [6, 6.07) is 11.2. The molecule has 2 aromatic rings. The van der Waals surface area contributed by atoms with E-state index in [-0.39, 0.29) is 5.78 Å². The van der Waals surface area contributed by atoms with Crippen molar-refractivity contribution in [2.24, 2.45) is 0 Å². The molecule has 0 radical (unpaired) electrons. The molecule has 0 saturated carbocycles. The molecule has 0 saturated heterocycles. The van der Waals surface area contributed by atoms with Gasteiger partial charge in [0.15, 0.2) is 5.78 Å². The topological polar surface area (TPSA) is 26.3 Å². The molecule has 0 aliphatic rings. The third-order valence-electron chi connectivity index (χ3n) is 2.80. The number of carbonyl (C=O) groups is 1. The van der Waals surface area contributed by atoms with Gasteiger partial charge in [-0.2, -0.15) is 0 Å². The van der Waals surface area contributed by atoms with Crippen molar-refractivity contribution < 1.29 is 9.53 Å². The Kier molecular flexibility index (Phi) is 5.00. The fourth-order valence-corrected chi connectivity index (χ4v) is 3.24. The van der Waals surface area contributed by atoms with Gasteiger partial charge < -0.3 is 4.74 Å². The minimum absolute atomic E-state index is 0.0425. The number of ether oxygens (including phenoxy) is 1. The Hall–Kier alpha value is -1.13. The highest BCUT2D eigenvalue weighted by molar-refractivity contribution is 9.11. The molecule has 20 heavy (non-hydrogen) atoms. The molecule has 0 heterocycles. The maximum atomic E-state index is 12.7. The lowest BCUT2D eigenvalue weighted by atomic mass is 10.0. The number of aryl methyl sites for hydroxylation is 1. The van der Waals surface area contributed by atoms with Crippen molar-refractivity contribution in [3.63, 3.8) is 0 Å². The van der Waals surface area contributed by atoms with Gasteiger partial charge in [0.25, 0.3) is 0 Å². The monoisotopic (exact) mass is 396 g/mol. The Morgan fingerprint density at radius 1 is 1.10 bits per heavy atom. The minimum atomic E-state index is -0.0425. The zero-order valence-electron chi connectivity index (χ0n) is 11.2. The highest BCUT2D eigenvalue weighted by Crippen LogP contribution is 2.26. The van der Waals surface area contributed by atoms with Crippen LogP contribution in [0.5, 0.6) is 5.75 Å². The Bertz CT molecular complexity index is 631. The second-order valence-corrected chi connectivity index (χ2v) is 6.25. The maximum Gasteiger partial charge on any atom is 0.196 e. The van der Waals surface area contributed by atoms with E-state index in [2.05, 4.69) is 31.9 Å². The fourth-order valence-electron chi connectivity index (χ4n) is 1.94. The van der Waals surface area contributed by atoms with Gasteiger partial charge in [-0.15, -0.1) is 0 Å². The Morgan fingerprint density at radius 2 is 1.75 bits per heavy atom. The third kappa shape index (κ3) is 3.49. The standard InChI is InChI=1S/C16H14Br2O2/c1-3-20-15-5-4-10(2)6-14(15)16(19)11-7-12(17)9-13(18)8-11/h4-9H,3H2,1-2H3. The van der Waals surface area contributed by atoms with Crippen molar-refractivity contribution in [2.75, 3.05) is 6.61 Å². The van der Waals surface area contributed by atoms with Gasteiger partial charge in [0.2, 0.25) is 0 Å². The average molecular weight is 398 g/mol. The first-order valence-corrected chi connectivity index (χ1v) is 7.84. The summed E-state index contributed by atoms with van der Waals surface area (Å²) in [7, 11) is 0. The molecular weight excluding hydrogens is 384 g/mol. The average Bonchev–Trinajstić information content (AvgIpc) is 2.39. The summed E-state index contributed by atoms with van der Waals surface area (Å²) in [6.45, 7) is 4.40. The van der Waals surface area contributed by atoms with Gasteiger partial charge in [-0.25, -0.2) is 0 Å². The van der Waals surface area contributed by atoms with Crippen LogP contribution < -0.4 is 4.74 Å². The molecule has 4 heteroatoms. The predicted octanol–water partition coefficient (Wildman–Crippen LogP) is 5.15. The molecule has 0 bridgehead atoms. The van der Waals surface area contributed by atoms with E-state index in [0.29, 0.717) is 23.5 Å². The predicted molar refractivity (Wildman–Crippen MR) is 87.6 cm³/mol. The Labute approximate surface area is 135 Å². The van der Waals surface area contributed by atoms with Gasteiger partial charge >= 0.3 is 0 Å². The van der Waals surface area contributed by atoms with E-state index in [9.17, 15) is 4.79 Å². The van der Waals surface area contributed by atoms with Crippen molar-refractivity contribution in [1.82, 2.24) is 0 Å². The van der Waals surface area contributed by atoms with Crippen molar-refractivity contribution in [3.05, 3.63) is 62.0 Å². The Morgan fingerprint density at radius 3 is 2.35 bits per heavy atom. The van der Waals surface area contributed by atoms with Crippen LogP contribution in [0.2, 0.25) is 0 Å². The van der Waals surface area contributed by atoms with Crippen LogP contribution >= 0.6 is 31.9 Å². The molecule has 2 rings (SSSR count). The van der Waals surface area contributed by atoms with E-state index in [0.717, 1.165) is 14.5 Å². The van der Waals surface area contributed by atoms with Crippen LogP contribution in [0, 0.1) is 6.92 Å². The van der Waals surface area contributed by atoms with Crippen molar-refractivity contribution in [2.45, 2.75) is 13.8 Å². The molecule has 0 aliphatic carbocycles. The van der Waals surface area contributed by atoms with Gasteiger partial charge in [0.05, 0.1) is 12.2 Å². The SMILES string of the molecule is CCOc1ccc(C)cc1C(=O)c1cc(Br)cc(Br)c1. The first kappa shape index (κ1) is 15.3. The number of rotatable bonds is 4. The molecule has 2 aromatic carbocycles. The van der Waals surface area contributed by atoms with Gasteiger partial charge in [0, 0.05) is 14.5 Å². The van der Waals surface area contributed by atoms with Crippen LogP contribution in [-0.4, -0.2) is 12.4 Å². The van der Waals surface area contributed by atoms with Gasteiger partial charge in [-0.1, -0.05) is 43.5 Å². The molecule has 0 amide bonds. The minimum Gasteiger partial charge on any atom is -0.493 e. The van der Waals surface area contributed by atoms with E-state index in [1.807, 2.05) is 50.2 Å². The summed E-state index contributed by atoms with van der Waals surface area (Å²) < 4.78 is 7.27. The molecule has 0 fully saturated rings. The van der Waals surface area contributed by atoms with E-state index in [1.165, 1.54) is 0 Å². The molecule has 2 nitrogen and oxygen atoms in total. The molecular formula is C16H14Br2O2. The van der Waals surface area contributed by atoms with Crippen LogP contribution in [-0.2, 0) is 0 Å². The molecule has 0 unspecified atom stereocenters. The molecule has 0 atom stereocenters. The highest BCUT2D eigenvalue weighted by atomic mass is 79.9. The summed E-state index contributed by atoms with van der Waals surface area (Å²) in [4.78, 5) is 12.7. The number of halogens is 2. The summed E-state index contributed by atoms with van der Waals surface area (Å²) in [5.41, 5.74) is 2.25. The van der Waals surface area contributed by atoms with Crippen molar-refractivity contribution in [1.29, 1.82) is 0 Å². The van der Waals surface area contributed by atoms with Crippen LogP contribution in [0.25, 0.3) is 0 Å². The van der Waals surface area contributed by atoms with Crippen LogP contribution in [0.1, 0.15) is 28.4 Å². The van der Waals surface area contributed by atoms with E-state index < -0.39 is 0 Å².